The molecule has 0 aliphatic carbocycles. The summed E-state index contributed by atoms with van der Waals surface area (Å²) >= 11 is 0. The molecule has 1 heterocycles. The van der Waals surface area contributed by atoms with Gasteiger partial charge >= 0.3 is 0 Å². The van der Waals surface area contributed by atoms with Crippen molar-refractivity contribution in [3.63, 3.8) is 0 Å². The Hall–Kier alpha value is -1.11. The van der Waals surface area contributed by atoms with Crippen LogP contribution in [0, 0.1) is 0 Å². The summed E-state index contributed by atoms with van der Waals surface area (Å²) in [4.78, 5) is 0.344. The Balaban J connectivity index is 1.98. The van der Waals surface area contributed by atoms with E-state index in [4.69, 9.17) is 4.74 Å². The highest BCUT2D eigenvalue weighted by atomic mass is 32.2. The first kappa shape index (κ1) is 15.3. The lowest BCUT2D eigenvalue weighted by Gasteiger charge is -2.18. The van der Waals surface area contributed by atoms with E-state index >= 15 is 0 Å². The van der Waals surface area contributed by atoms with E-state index in [1.807, 2.05) is 13.0 Å². The van der Waals surface area contributed by atoms with Gasteiger partial charge in [-0.1, -0.05) is 0 Å². The topological polar surface area (TPSA) is 67.4 Å². The second-order valence-corrected chi connectivity index (χ2v) is 6.56. The average Bonchev–Trinajstić information content (AvgIpc) is 2.46. The van der Waals surface area contributed by atoms with Gasteiger partial charge in [0.15, 0.2) is 0 Å². The van der Waals surface area contributed by atoms with Crippen LogP contribution >= 0.6 is 0 Å². The number of aryl methyl sites for hydroxylation is 1. The predicted molar refractivity (Wildman–Crippen MR) is 79.6 cm³/mol. The first-order valence-electron chi connectivity index (χ1n) is 7.07. The number of ether oxygens (including phenoxy) is 1. The minimum Gasteiger partial charge on any atom is -0.385 e. The Labute approximate surface area is 120 Å². The first-order chi connectivity index (χ1) is 9.63. The molecule has 112 valence electrons. The van der Waals surface area contributed by atoms with Crippen LogP contribution in [0.3, 0.4) is 0 Å². The van der Waals surface area contributed by atoms with E-state index in [0.717, 1.165) is 30.6 Å². The molecule has 0 amide bonds. The fraction of sp³-hybridized carbons (Fsp3) is 0.571. The number of anilines is 1. The molecule has 0 unspecified atom stereocenters. The fourth-order valence-electron chi connectivity index (χ4n) is 2.23. The van der Waals surface area contributed by atoms with Crippen LogP contribution in [0.5, 0.6) is 0 Å². The summed E-state index contributed by atoms with van der Waals surface area (Å²) in [6.07, 6.45) is 2.65. The molecule has 0 atom stereocenters. The lowest BCUT2D eigenvalue weighted by Crippen LogP contribution is -2.26. The molecule has 1 aliphatic heterocycles. The van der Waals surface area contributed by atoms with Crippen LogP contribution in [0.25, 0.3) is 0 Å². The zero-order valence-corrected chi connectivity index (χ0v) is 12.6. The molecule has 1 aromatic carbocycles. The number of fused-ring (bicyclic) bond motifs is 1. The van der Waals surface area contributed by atoms with Gasteiger partial charge in [0, 0.05) is 32.0 Å². The average molecular weight is 298 g/mol. The van der Waals surface area contributed by atoms with Crippen LogP contribution in [-0.4, -0.2) is 34.7 Å². The monoisotopic (exact) mass is 298 g/mol. The number of sulfonamides is 1. The molecular weight excluding hydrogens is 276 g/mol. The summed E-state index contributed by atoms with van der Waals surface area (Å²) < 4.78 is 32.2. The lowest BCUT2D eigenvalue weighted by molar-refractivity contribution is 0.146. The molecule has 2 N–H and O–H groups in total. The molecule has 2 rings (SSSR count). The maximum absolute atomic E-state index is 12.2. The van der Waals surface area contributed by atoms with Gasteiger partial charge in [-0.05, 0) is 49.9 Å². The van der Waals surface area contributed by atoms with Crippen molar-refractivity contribution in [2.45, 2.75) is 31.1 Å². The van der Waals surface area contributed by atoms with Gasteiger partial charge in [0.1, 0.15) is 0 Å². The first-order valence-corrected chi connectivity index (χ1v) is 8.56. The smallest absolute Gasteiger partial charge is 0.240 e. The maximum atomic E-state index is 12.2. The summed E-state index contributed by atoms with van der Waals surface area (Å²) in [6.45, 7) is 4.51. The van der Waals surface area contributed by atoms with Crippen molar-refractivity contribution in [3.05, 3.63) is 23.8 Å². The highest BCUT2D eigenvalue weighted by Crippen LogP contribution is 2.24. The van der Waals surface area contributed by atoms with Crippen molar-refractivity contribution in [2.75, 3.05) is 31.6 Å². The van der Waals surface area contributed by atoms with E-state index < -0.39 is 10.0 Å². The standard InChI is InChI=1S/C14H22N2O3S/c1-2-19-10-4-9-16-20(17,18)13-6-7-14-12(11-13)5-3-8-15-14/h6-7,11,15-16H,2-5,8-10H2,1H3. The largest absolute Gasteiger partial charge is 0.385 e. The van der Waals surface area contributed by atoms with E-state index in [1.165, 1.54) is 0 Å². The molecule has 0 saturated heterocycles. The summed E-state index contributed by atoms with van der Waals surface area (Å²) in [5.41, 5.74) is 2.12. The number of hydrogen-bond acceptors (Lipinski definition) is 4. The molecule has 1 aliphatic rings. The Morgan fingerprint density at radius 2 is 2.25 bits per heavy atom. The summed E-state index contributed by atoms with van der Waals surface area (Å²) in [7, 11) is -3.41. The second kappa shape index (κ2) is 7.06. The third-order valence-electron chi connectivity index (χ3n) is 3.29. The number of hydrogen-bond donors (Lipinski definition) is 2. The van der Waals surface area contributed by atoms with E-state index in [1.54, 1.807) is 12.1 Å². The van der Waals surface area contributed by atoms with Gasteiger partial charge < -0.3 is 10.1 Å². The van der Waals surface area contributed by atoms with Crippen molar-refractivity contribution < 1.29 is 13.2 Å². The van der Waals surface area contributed by atoms with Crippen molar-refractivity contribution >= 4 is 15.7 Å². The molecule has 20 heavy (non-hydrogen) atoms. The Morgan fingerprint density at radius 3 is 3.05 bits per heavy atom. The molecule has 0 radical (unpaired) electrons. The van der Waals surface area contributed by atoms with Gasteiger partial charge in [0.25, 0.3) is 0 Å². The van der Waals surface area contributed by atoms with Crippen LogP contribution < -0.4 is 10.0 Å². The van der Waals surface area contributed by atoms with E-state index in [-0.39, 0.29) is 0 Å². The van der Waals surface area contributed by atoms with Crippen molar-refractivity contribution in [1.29, 1.82) is 0 Å². The number of nitrogens with one attached hydrogen (secondary N) is 2. The van der Waals surface area contributed by atoms with E-state index in [9.17, 15) is 8.42 Å². The normalized spacial score (nSPS) is 14.7. The Morgan fingerprint density at radius 1 is 1.40 bits per heavy atom. The van der Waals surface area contributed by atoms with Crippen LogP contribution in [0.4, 0.5) is 5.69 Å². The molecule has 0 aromatic heterocycles. The zero-order valence-electron chi connectivity index (χ0n) is 11.8. The van der Waals surface area contributed by atoms with Gasteiger partial charge in [0.2, 0.25) is 10.0 Å². The van der Waals surface area contributed by atoms with Crippen LogP contribution in [0.1, 0.15) is 25.3 Å². The molecule has 5 nitrogen and oxygen atoms in total. The van der Waals surface area contributed by atoms with Gasteiger partial charge in [-0.3, -0.25) is 0 Å². The van der Waals surface area contributed by atoms with Crippen LogP contribution in [0.2, 0.25) is 0 Å². The quantitative estimate of drug-likeness (QED) is 0.753. The minimum atomic E-state index is -3.41. The predicted octanol–water partition coefficient (Wildman–Crippen LogP) is 1.75. The Bertz CT molecular complexity index is 543. The van der Waals surface area contributed by atoms with E-state index in [0.29, 0.717) is 31.1 Å². The zero-order chi connectivity index (χ0) is 14.4. The molecule has 1 aromatic rings. The van der Waals surface area contributed by atoms with Gasteiger partial charge in [0.05, 0.1) is 4.90 Å². The van der Waals surface area contributed by atoms with Gasteiger partial charge in [-0.2, -0.15) is 0 Å². The molecule has 0 spiro atoms. The fourth-order valence-corrected chi connectivity index (χ4v) is 3.35. The van der Waals surface area contributed by atoms with E-state index in [2.05, 4.69) is 10.0 Å². The van der Waals surface area contributed by atoms with Crippen LogP contribution in [0.15, 0.2) is 23.1 Å². The van der Waals surface area contributed by atoms with Gasteiger partial charge in [-0.25, -0.2) is 13.1 Å². The third-order valence-corrected chi connectivity index (χ3v) is 4.75. The van der Waals surface area contributed by atoms with Crippen molar-refractivity contribution in [1.82, 2.24) is 4.72 Å². The second-order valence-electron chi connectivity index (χ2n) is 4.80. The highest BCUT2D eigenvalue weighted by molar-refractivity contribution is 7.89. The molecular formula is C14H22N2O3S. The summed E-state index contributed by atoms with van der Waals surface area (Å²) in [5.74, 6) is 0. The lowest BCUT2D eigenvalue weighted by atomic mass is 10.0. The van der Waals surface area contributed by atoms with Crippen LogP contribution in [-0.2, 0) is 21.2 Å². The maximum Gasteiger partial charge on any atom is 0.240 e. The van der Waals surface area contributed by atoms with Gasteiger partial charge in [-0.15, -0.1) is 0 Å². The summed E-state index contributed by atoms with van der Waals surface area (Å²) in [6, 6.07) is 5.28. The molecule has 0 bridgehead atoms. The SMILES string of the molecule is CCOCCCNS(=O)(=O)c1ccc2c(c1)CCCN2. The molecule has 6 heteroatoms. The number of rotatable bonds is 7. The van der Waals surface area contributed by atoms with Crippen molar-refractivity contribution in [2.24, 2.45) is 0 Å². The summed E-state index contributed by atoms with van der Waals surface area (Å²) in [5, 5.41) is 3.28. The van der Waals surface area contributed by atoms with Crippen molar-refractivity contribution in [3.8, 4) is 0 Å². The molecule has 0 fully saturated rings. The number of benzene rings is 1. The highest BCUT2D eigenvalue weighted by Gasteiger charge is 2.16. The third kappa shape index (κ3) is 3.94. The minimum absolute atomic E-state index is 0.344. The molecule has 0 saturated carbocycles. The Kier molecular flexibility index (Phi) is 5.39.